The van der Waals surface area contributed by atoms with Gasteiger partial charge in [-0.25, -0.2) is 0 Å². The van der Waals surface area contributed by atoms with Crippen LogP contribution in [-0.4, -0.2) is 23.3 Å². The minimum Gasteiger partial charge on any atom is -0.398 e. The topological polar surface area (TPSA) is 31.4 Å². The van der Waals surface area contributed by atoms with Crippen molar-refractivity contribution in [1.29, 1.82) is 0 Å². The molecule has 0 aromatic carbocycles. The summed E-state index contributed by atoms with van der Waals surface area (Å²) in [5.74, 6) is 0. The second-order valence-electron chi connectivity index (χ2n) is 5.45. The van der Waals surface area contributed by atoms with E-state index in [1.54, 1.807) is 0 Å². The van der Waals surface area contributed by atoms with Crippen molar-refractivity contribution in [1.82, 2.24) is 4.98 Å². The van der Waals surface area contributed by atoms with E-state index >= 15 is 0 Å². The standard InChI is InChI=1S/C12H17BBrNO2/c1-8-7-15-10(6-9(8)14)13-16-11(2,3)12(4,5)17-13/h6-7H,1-5H3. The molecule has 1 fully saturated rings. The molecule has 1 saturated heterocycles. The summed E-state index contributed by atoms with van der Waals surface area (Å²) in [5, 5.41) is 0. The highest BCUT2D eigenvalue weighted by atomic mass is 79.9. The second-order valence-corrected chi connectivity index (χ2v) is 6.30. The van der Waals surface area contributed by atoms with Crippen LogP contribution >= 0.6 is 15.9 Å². The Bertz CT molecular complexity index is 432. The first-order valence-corrected chi connectivity index (χ1v) is 6.50. The molecule has 0 bridgehead atoms. The lowest BCUT2D eigenvalue weighted by atomic mass is 9.84. The third kappa shape index (κ3) is 2.28. The van der Waals surface area contributed by atoms with Crippen molar-refractivity contribution in [2.45, 2.75) is 45.8 Å². The van der Waals surface area contributed by atoms with Gasteiger partial charge in [0.15, 0.2) is 0 Å². The highest BCUT2D eigenvalue weighted by molar-refractivity contribution is 9.10. The molecule has 0 radical (unpaired) electrons. The fourth-order valence-electron chi connectivity index (χ4n) is 1.61. The Morgan fingerprint density at radius 3 is 2.18 bits per heavy atom. The molecule has 0 spiro atoms. The Hall–Kier alpha value is -0.385. The van der Waals surface area contributed by atoms with Crippen molar-refractivity contribution in [2.75, 3.05) is 0 Å². The van der Waals surface area contributed by atoms with E-state index in [1.807, 2.05) is 46.9 Å². The van der Waals surface area contributed by atoms with Crippen LogP contribution in [-0.2, 0) is 9.31 Å². The van der Waals surface area contributed by atoms with E-state index in [4.69, 9.17) is 9.31 Å². The maximum absolute atomic E-state index is 5.94. The molecule has 5 heteroatoms. The van der Waals surface area contributed by atoms with E-state index < -0.39 is 7.12 Å². The monoisotopic (exact) mass is 297 g/mol. The number of aryl methyl sites for hydroxylation is 1. The van der Waals surface area contributed by atoms with Crippen molar-refractivity contribution in [2.24, 2.45) is 0 Å². The van der Waals surface area contributed by atoms with Crippen LogP contribution in [0.3, 0.4) is 0 Å². The molecular formula is C12H17BBrNO2. The third-order valence-electron chi connectivity index (χ3n) is 3.55. The molecule has 0 unspecified atom stereocenters. The van der Waals surface area contributed by atoms with Gasteiger partial charge in [0, 0.05) is 10.7 Å². The fraction of sp³-hybridized carbons (Fsp3) is 0.583. The van der Waals surface area contributed by atoms with Crippen molar-refractivity contribution in [3.05, 3.63) is 22.3 Å². The molecule has 1 aromatic rings. The van der Waals surface area contributed by atoms with Crippen LogP contribution < -0.4 is 5.59 Å². The van der Waals surface area contributed by atoms with Crippen molar-refractivity contribution < 1.29 is 9.31 Å². The number of hydrogen-bond acceptors (Lipinski definition) is 3. The number of halogens is 1. The van der Waals surface area contributed by atoms with Gasteiger partial charge in [-0.15, -0.1) is 0 Å². The van der Waals surface area contributed by atoms with Gasteiger partial charge in [0.05, 0.1) is 16.8 Å². The fourth-order valence-corrected chi connectivity index (χ4v) is 1.94. The van der Waals surface area contributed by atoms with Crippen molar-refractivity contribution in [3.8, 4) is 0 Å². The lowest BCUT2D eigenvalue weighted by Crippen LogP contribution is -2.41. The van der Waals surface area contributed by atoms with E-state index in [2.05, 4.69) is 20.9 Å². The molecule has 17 heavy (non-hydrogen) atoms. The minimum absolute atomic E-state index is 0.323. The third-order valence-corrected chi connectivity index (χ3v) is 4.41. The summed E-state index contributed by atoms with van der Waals surface area (Å²) in [6.45, 7) is 10.2. The molecule has 0 amide bonds. The lowest BCUT2D eigenvalue weighted by Gasteiger charge is -2.32. The Morgan fingerprint density at radius 2 is 1.71 bits per heavy atom. The predicted molar refractivity (Wildman–Crippen MR) is 72.4 cm³/mol. The summed E-state index contributed by atoms with van der Waals surface area (Å²) in [6.07, 6.45) is 1.82. The first-order valence-electron chi connectivity index (χ1n) is 5.71. The number of pyridine rings is 1. The molecule has 0 atom stereocenters. The number of nitrogens with zero attached hydrogens (tertiary/aromatic N) is 1. The average molecular weight is 298 g/mol. The molecule has 0 aliphatic carbocycles. The van der Waals surface area contributed by atoms with E-state index in [0.29, 0.717) is 0 Å². The normalized spacial score (nSPS) is 21.9. The highest BCUT2D eigenvalue weighted by Crippen LogP contribution is 2.36. The van der Waals surface area contributed by atoms with Crippen LogP contribution in [0.2, 0.25) is 0 Å². The lowest BCUT2D eigenvalue weighted by molar-refractivity contribution is 0.00578. The van der Waals surface area contributed by atoms with E-state index in [0.717, 1.165) is 15.6 Å². The SMILES string of the molecule is Cc1cnc(B2OC(C)(C)C(C)(C)O2)cc1Br. The zero-order chi connectivity index (χ0) is 12.8. The predicted octanol–water partition coefficient (Wildman–Crippen LogP) is 2.45. The Morgan fingerprint density at radius 1 is 1.18 bits per heavy atom. The Labute approximate surface area is 111 Å². The van der Waals surface area contributed by atoms with Gasteiger partial charge in [-0.3, -0.25) is 4.98 Å². The van der Waals surface area contributed by atoms with Gasteiger partial charge in [0.2, 0.25) is 0 Å². The zero-order valence-electron chi connectivity index (χ0n) is 10.9. The molecule has 1 aliphatic rings. The molecule has 2 heterocycles. The van der Waals surface area contributed by atoms with Gasteiger partial charge >= 0.3 is 7.12 Å². The molecule has 1 aliphatic heterocycles. The summed E-state index contributed by atoms with van der Waals surface area (Å²) >= 11 is 3.50. The second kappa shape index (κ2) is 4.07. The van der Waals surface area contributed by atoms with Gasteiger partial charge < -0.3 is 9.31 Å². The molecule has 0 saturated carbocycles. The largest absolute Gasteiger partial charge is 0.514 e. The number of rotatable bonds is 1. The molecule has 2 rings (SSSR count). The van der Waals surface area contributed by atoms with Crippen LogP contribution in [0.1, 0.15) is 33.3 Å². The Kier molecular flexibility index (Phi) is 3.13. The van der Waals surface area contributed by atoms with E-state index in [-0.39, 0.29) is 11.2 Å². The van der Waals surface area contributed by atoms with Crippen LogP contribution in [0.15, 0.2) is 16.7 Å². The summed E-state index contributed by atoms with van der Waals surface area (Å²) < 4.78 is 12.9. The number of aromatic nitrogens is 1. The summed E-state index contributed by atoms with van der Waals surface area (Å²) in [4.78, 5) is 4.37. The zero-order valence-corrected chi connectivity index (χ0v) is 12.5. The van der Waals surface area contributed by atoms with Crippen LogP contribution in [0, 0.1) is 6.92 Å². The minimum atomic E-state index is -0.392. The van der Waals surface area contributed by atoms with Crippen LogP contribution in [0.25, 0.3) is 0 Å². The Balaban J connectivity index is 2.29. The van der Waals surface area contributed by atoms with E-state index in [1.165, 1.54) is 0 Å². The first-order chi connectivity index (χ1) is 7.73. The molecule has 92 valence electrons. The van der Waals surface area contributed by atoms with Gasteiger partial charge in [0.25, 0.3) is 0 Å². The summed E-state index contributed by atoms with van der Waals surface area (Å²) in [6, 6.07) is 1.96. The molecule has 3 nitrogen and oxygen atoms in total. The maximum Gasteiger partial charge on any atom is 0.514 e. The summed E-state index contributed by atoms with van der Waals surface area (Å²) in [5.41, 5.74) is 1.26. The highest BCUT2D eigenvalue weighted by Gasteiger charge is 2.52. The molecular weight excluding hydrogens is 281 g/mol. The summed E-state index contributed by atoms with van der Waals surface area (Å²) in [7, 11) is -0.392. The number of hydrogen-bond donors (Lipinski definition) is 0. The molecule has 0 N–H and O–H groups in total. The maximum atomic E-state index is 5.94. The molecule has 1 aromatic heterocycles. The van der Waals surface area contributed by atoms with Gasteiger partial charge in [-0.1, -0.05) is 15.9 Å². The van der Waals surface area contributed by atoms with Gasteiger partial charge in [0.1, 0.15) is 0 Å². The van der Waals surface area contributed by atoms with Gasteiger partial charge in [-0.2, -0.15) is 0 Å². The van der Waals surface area contributed by atoms with Crippen LogP contribution in [0.4, 0.5) is 0 Å². The first kappa shape index (κ1) is 13.1. The average Bonchev–Trinajstić information content (AvgIpc) is 2.41. The van der Waals surface area contributed by atoms with Gasteiger partial charge in [-0.05, 0) is 46.2 Å². The van der Waals surface area contributed by atoms with Crippen LogP contribution in [0.5, 0.6) is 0 Å². The van der Waals surface area contributed by atoms with Crippen molar-refractivity contribution >= 4 is 28.6 Å². The smallest absolute Gasteiger partial charge is 0.398 e. The van der Waals surface area contributed by atoms with Crippen molar-refractivity contribution in [3.63, 3.8) is 0 Å². The quantitative estimate of drug-likeness (QED) is 0.746. The van der Waals surface area contributed by atoms with E-state index in [9.17, 15) is 0 Å².